The number of nitrogens with one attached hydrogen (secondary N) is 1. The van der Waals surface area contributed by atoms with Crippen LogP contribution in [0.3, 0.4) is 0 Å². The number of halogens is 2. The molecule has 0 radical (unpaired) electrons. The number of nitrogens with zero attached hydrogens (tertiary/aromatic N) is 2. The number of likely N-dealkylation sites (tertiary alicyclic amines) is 1. The molecular formula is C33H36F2N3O7PS. The Hall–Kier alpha value is -3.22. The van der Waals surface area contributed by atoms with Crippen LogP contribution in [0.4, 0.5) is 8.78 Å². The molecule has 250 valence electrons. The number of carbonyl (C=O) groups excluding carboxylic acids is 3. The summed E-state index contributed by atoms with van der Waals surface area (Å²) < 4.78 is 46.0. The zero-order valence-electron chi connectivity index (χ0n) is 25.7. The molecule has 3 amide bonds. The van der Waals surface area contributed by atoms with Crippen LogP contribution in [0.25, 0.3) is 10.1 Å². The Kier molecular flexibility index (Phi) is 8.07. The standard InChI is InChI=1S/C33H36F2N3O7PS/c1-45-18-32(22-5-3-2-4-6-22)16-37(17-32)31(41)26-9-8-24-13-19-11-20(19)14-25(30(40)38(24)26)36-29(39)28-15-21-12-23(7-10-27(21)47-28)33(34,35)46(42,43)44/h2-7,10,12,15,19-20,24-26H,8-9,11,13-14,16-18H2,1H3,(H,36,39)(H2,42,43,44)/t19-,20+,24+,25-,26-/m0/s1. The summed E-state index contributed by atoms with van der Waals surface area (Å²) in [5.74, 6) is -0.176. The lowest BCUT2D eigenvalue weighted by atomic mass is 9.74. The van der Waals surface area contributed by atoms with Crippen molar-refractivity contribution in [3.05, 3.63) is 70.6 Å². The molecule has 5 atom stereocenters. The average molecular weight is 688 g/mol. The second-order valence-electron chi connectivity index (χ2n) is 13.5. The van der Waals surface area contributed by atoms with Gasteiger partial charge in [-0.05, 0) is 73.1 Å². The van der Waals surface area contributed by atoms with Crippen molar-refractivity contribution in [3.8, 4) is 0 Å². The van der Waals surface area contributed by atoms with E-state index in [2.05, 4.69) is 5.32 Å². The summed E-state index contributed by atoms with van der Waals surface area (Å²) in [6, 6.07) is 13.0. The Morgan fingerprint density at radius 3 is 2.49 bits per heavy atom. The lowest BCUT2D eigenvalue weighted by molar-refractivity contribution is -0.153. The van der Waals surface area contributed by atoms with Gasteiger partial charge in [-0.3, -0.25) is 18.9 Å². The minimum absolute atomic E-state index is 0.0799. The van der Waals surface area contributed by atoms with E-state index in [1.165, 1.54) is 12.1 Å². The highest BCUT2D eigenvalue weighted by molar-refractivity contribution is 7.52. The first-order chi connectivity index (χ1) is 22.3. The Labute approximate surface area is 274 Å². The molecule has 1 aromatic heterocycles. The topological polar surface area (TPSA) is 136 Å². The third kappa shape index (κ3) is 5.69. The molecule has 10 nitrogen and oxygen atoms in total. The number of alkyl halides is 2. The number of ether oxygens (including phenoxy) is 1. The van der Waals surface area contributed by atoms with Crippen molar-refractivity contribution in [1.29, 1.82) is 0 Å². The van der Waals surface area contributed by atoms with Crippen molar-refractivity contribution in [2.24, 2.45) is 11.8 Å². The first-order valence-corrected chi connectivity index (χ1v) is 18.2. The molecule has 3 N–H and O–H groups in total. The van der Waals surface area contributed by atoms with E-state index in [0.717, 1.165) is 48.3 Å². The Balaban J connectivity index is 1.09. The van der Waals surface area contributed by atoms with E-state index in [9.17, 15) is 27.7 Å². The van der Waals surface area contributed by atoms with E-state index < -0.39 is 36.8 Å². The van der Waals surface area contributed by atoms with E-state index in [0.29, 0.717) is 49.1 Å². The van der Waals surface area contributed by atoms with E-state index in [1.807, 2.05) is 30.3 Å². The molecule has 4 heterocycles. The normalized spacial score (nSPS) is 27.0. The van der Waals surface area contributed by atoms with Gasteiger partial charge < -0.3 is 29.6 Å². The van der Waals surface area contributed by atoms with Crippen molar-refractivity contribution in [1.82, 2.24) is 15.1 Å². The number of benzene rings is 2. The summed E-state index contributed by atoms with van der Waals surface area (Å²) >= 11 is 1.04. The number of thiophene rings is 1. The minimum atomic E-state index is -5.76. The van der Waals surface area contributed by atoms with Crippen LogP contribution >= 0.6 is 18.9 Å². The van der Waals surface area contributed by atoms with Crippen molar-refractivity contribution in [2.75, 3.05) is 26.8 Å². The molecule has 4 fully saturated rings. The van der Waals surface area contributed by atoms with Gasteiger partial charge in [0.15, 0.2) is 0 Å². The predicted octanol–water partition coefficient (Wildman–Crippen LogP) is 4.44. The maximum Gasteiger partial charge on any atom is 0.399 e. The second kappa shape index (κ2) is 11.7. The number of amides is 3. The van der Waals surface area contributed by atoms with Crippen molar-refractivity contribution >= 4 is 46.7 Å². The summed E-state index contributed by atoms with van der Waals surface area (Å²) in [5.41, 5.74) is -4.42. The highest BCUT2D eigenvalue weighted by atomic mass is 32.1. The third-order valence-corrected chi connectivity index (χ3v) is 12.5. The average Bonchev–Trinajstić information content (AvgIpc) is 3.39. The maximum atomic E-state index is 14.3. The van der Waals surface area contributed by atoms with Crippen LogP contribution in [0.15, 0.2) is 54.6 Å². The molecule has 14 heteroatoms. The van der Waals surface area contributed by atoms with Crippen molar-refractivity contribution in [2.45, 2.75) is 61.3 Å². The number of methoxy groups -OCH3 is 1. The smallest absolute Gasteiger partial charge is 0.384 e. The van der Waals surface area contributed by atoms with Gasteiger partial charge in [0.1, 0.15) is 12.1 Å². The highest BCUT2D eigenvalue weighted by Gasteiger charge is 2.55. The van der Waals surface area contributed by atoms with Gasteiger partial charge in [0.05, 0.1) is 16.9 Å². The molecule has 2 aromatic carbocycles. The molecule has 3 saturated heterocycles. The molecule has 1 aliphatic carbocycles. The lowest BCUT2D eigenvalue weighted by Gasteiger charge is -2.51. The third-order valence-electron chi connectivity index (χ3n) is 10.4. The van der Waals surface area contributed by atoms with E-state index in [-0.39, 0.29) is 33.5 Å². The fourth-order valence-corrected chi connectivity index (χ4v) is 9.27. The Morgan fingerprint density at radius 1 is 1.06 bits per heavy atom. The molecule has 0 unspecified atom stereocenters. The number of fused-ring (bicyclic) bond motifs is 3. The van der Waals surface area contributed by atoms with Gasteiger partial charge in [0, 0.05) is 36.5 Å². The van der Waals surface area contributed by atoms with Crippen LogP contribution in [0.2, 0.25) is 0 Å². The van der Waals surface area contributed by atoms with Crippen LogP contribution in [-0.4, -0.2) is 82.2 Å². The van der Waals surface area contributed by atoms with E-state index in [4.69, 9.17) is 14.5 Å². The van der Waals surface area contributed by atoms with Crippen LogP contribution in [0.1, 0.15) is 52.9 Å². The van der Waals surface area contributed by atoms with Crippen LogP contribution in [-0.2, 0) is 30.0 Å². The Bertz CT molecular complexity index is 1780. The van der Waals surface area contributed by atoms with Gasteiger partial charge >= 0.3 is 13.3 Å². The molecule has 0 spiro atoms. The van der Waals surface area contributed by atoms with Gasteiger partial charge in [0.25, 0.3) is 5.91 Å². The van der Waals surface area contributed by atoms with E-state index >= 15 is 0 Å². The first kappa shape index (κ1) is 32.3. The number of hydrogen-bond donors (Lipinski definition) is 3. The summed E-state index contributed by atoms with van der Waals surface area (Å²) in [4.78, 5) is 63.6. The lowest BCUT2D eigenvalue weighted by Crippen LogP contribution is -2.66. The first-order valence-electron chi connectivity index (χ1n) is 15.7. The molecule has 0 bridgehead atoms. The fourth-order valence-electron chi connectivity index (χ4n) is 7.85. The predicted molar refractivity (Wildman–Crippen MR) is 170 cm³/mol. The van der Waals surface area contributed by atoms with Crippen LogP contribution in [0.5, 0.6) is 0 Å². The summed E-state index contributed by atoms with van der Waals surface area (Å²) in [5, 5.41) is 3.12. The van der Waals surface area contributed by atoms with E-state index in [1.54, 1.807) is 16.9 Å². The quantitative estimate of drug-likeness (QED) is 0.298. The van der Waals surface area contributed by atoms with Crippen LogP contribution in [0, 0.1) is 11.8 Å². The molecule has 47 heavy (non-hydrogen) atoms. The number of carbonyl (C=O) groups is 3. The van der Waals surface area contributed by atoms with Gasteiger partial charge in [-0.2, -0.15) is 8.78 Å². The number of hydrogen-bond acceptors (Lipinski definition) is 6. The molecule has 1 saturated carbocycles. The fraction of sp³-hybridized carbons (Fsp3) is 0.485. The molecule has 3 aliphatic heterocycles. The summed E-state index contributed by atoms with van der Waals surface area (Å²) in [7, 11) is -4.11. The van der Waals surface area contributed by atoms with Crippen LogP contribution < -0.4 is 5.32 Å². The van der Waals surface area contributed by atoms with Gasteiger partial charge in [-0.1, -0.05) is 36.4 Å². The molecule has 3 aromatic rings. The molecular weight excluding hydrogens is 651 g/mol. The SMILES string of the molecule is COCC1(c2ccccc2)CN(C(=O)[C@@H]2CC[C@@H]3C[C@@H]4C[C@@H]4C[C@H](NC(=O)c4cc5cc(C(F)(F)P(=O)(O)O)ccc5s4)C(=O)N32)C1. The zero-order valence-corrected chi connectivity index (χ0v) is 27.4. The Morgan fingerprint density at radius 2 is 1.79 bits per heavy atom. The molecule has 7 rings (SSSR count). The second-order valence-corrected chi connectivity index (χ2v) is 16.2. The number of rotatable bonds is 8. The monoisotopic (exact) mass is 687 g/mol. The molecule has 4 aliphatic rings. The summed E-state index contributed by atoms with van der Waals surface area (Å²) in [6.07, 6.45) is 3.54. The van der Waals surface area contributed by atoms with Crippen molar-refractivity contribution < 1.29 is 42.3 Å². The zero-order chi connectivity index (χ0) is 33.3. The maximum absolute atomic E-state index is 14.3. The van der Waals surface area contributed by atoms with Gasteiger partial charge in [-0.25, -0.2) is 0 Å². The highest BCUT2D eigenvalue weighted by Crippen LogP contribution is 2.59. The largest absolute Gasteiger partial charge is 0.399 e. The van der Waals surface area contributed by atoms with Gasteiger partial charge in [-0.15, -0.1) is 11.3 Å². The van der Waals surface area contributed by atoms with Gasteiger partial charge in [0.2, 0.25) is 11.8 Å². The minimum Gasteiger partial charge on any atom is -0.384 e. The van der Waals surface area contributed by atoms with Crippen molar-refractivity contribution in [3.63, 3.8) is 0 Å². The summed E-state index contributed by atoms with van der Waals surface area (Å²) in [6.45, 7) is 1.45.